The van der Waals surface area contributed by atoms with Crippen LogP contribution >= 0.6 is 0 Å². The van der Waals surface area contributed by atoms with Gasteiger partial charge in [0.05, 0.1) is 13.4 Å². The maximum absolute atomic E-state index is 6.10. The number of imidazole rings is 1. The minimum atomic E-state index is 0.324. The highest BCUT2D eigenvalue weighted by Crippen LogP contribution is 2.33. The molecule has 2 saturated carbocycles. The molecular weight excluding hydrogens is 414 g/mol. The Labute approximate surface area is 195 Å². The van der Waals surface area contributed by atoms with E-state index >= 15 is 0 Å². The highest BCUT2D eigenvalue weighted by molar-refractivity contribution is 5.84. The summed E-state index contributed by atoms with van der Waals surface area (Å²) in [5.74, 6) is 2.37. The zero-order chi connectivity index (χ0) is 22.6. The fourth-order valence-corrected chi connectivity index (χ4v) is 5.12. The molecule has 8 heteroatoms. The molecule has 33 heavy (non-hydrogen) atoms. The van der Waals surface area contributed by atoms with Crippen LogP contribution in [0.3, 0.4) is 0 Å². The molecule has 2 heterocycles. The van der Waals surface area contributed by atoms with Gasteiger partial charge in [0.1, 0.15) is 5.75 Å². The van der Waals surface area contributed by atoms with E-state index in [9.17, 15) is 0 Å². The SMILES string of the molecule is COc1ccc(CCNc2nc(N[C@H]3CC[C@H](N)CC3)nc3c2ncn3C2CCCC2)cc1. The van der Waals surface area contributed by atoms with E-state index < -0.39 is 0 Å². The average Bonchev–Trinajstić information content (AvgIpc) is 3.51. The number of nitrogens with two attached hydrogens (primary N) is 1. The van der Waals surface area contributed by atoms with Crippen molar-refractivity contribution >= 4 is 22.9 Å². The first-order valence-electron chi connectivity index (χ1n) is 12.3. The first kappa shape index (κ1) is 21.9. The number of hydrogen-bond acceptors (Lipinski definition) is 7. The van der Waals surface area contributed by atoms with Gasteiger partial charge >= 0.3 is 0 Å². The van der Waals surface area contributed by atoms with Crippen molar-refractivity contribution in [2.75, 3.05) is 24.3 Å². The van der Waals surface area contributed by atoms with E-state index in [2.05, 4.69) is 27.3 Å². The highest BCUT2D eigenvalue weighted by atomic mass is 16.5. The Hall–Kier alpha value is -2.87. The van der Waals surface area contributed by atoms with E-state index in [4.69, 9.17) is 25.4 Å². The number of anilines is 2. The molecule has 2 fully saturated rings. The molecule has 0 saturated heterocycles. The third-order valence-electron chi connectivity index (χ3n) is 7.11. The van der Waals surface area contributed by atoms with Gasteiger partial charge in [-0.3, -0.25) is 0 Å². The Bertz CT molecular complexity index is 1050. The van der Waals surface area contributed by atoms with Crippen molar-refractivity contribution in [1.82, 2.24) is 19.5 Å². The summed E-state index contributed by atoms with van der Waals surface area (Å²) in [6.45, 7) is 0.770. The molecule has 0 aliphatic heterocycles. The molecule has 0 unspecified atom stereocenters. The van der Waals surface area contributed by atoms with Crippen molar-refractivity contribution in [3.8, 4) is 5.75 Å². The Morgan fingerprint density at radius 2 is 1.79 bits per heavy atom. The van der Waals surface area contributed by atoms with Gasteiger partial charge in [0.2, 0.25) is 5.95 Å². The fourth-order valence-electron chi connectivity index (χ4n) is 5.12. The van der Waals surface area contributed by atoms with Crippen molar-refractivity contribution in [3.63, 3.8) is 0 Å². The van der Waals surface area contributed by atoms with E-state index in [1.165, 1.54) is 31.2 Å². The van der Waals surface area contributed by atoms with Crippen LogP contribution in [0.4, 0.5) is 11.8 Å². The van der Waals surface area contributed by atoms with E-state index in [-0.39, 0.29) is 0 Å². The summed E-state index contributed by atoms with van der Waals surface area (Å²) in [6, 6.07) is 9.39. The van der Waals surface area contributed by atoms with Crippen molar-refractivity contribution in [2.45, 2.75) is 75.9 Å². The Morgan fingerprint density at radius 1 is 1.03 bits per heavy atom. The topological polar surface area (TPSA) is 103 Å². The van der Waals surface area contributed by atoms with E-state index in [0.717, 1.165) is 61.4 Å². The van der Waals surface area contributed by atoms with E-state index in [1.807, 2.05) is 18.5 Å². The smallest absolute Gasteiger partial charge is 0.227 e. The summed E-state index contributed by atoms with van der Waals surface area (Å²) in [5.41, 5.74) is 9.13. The average molecular weight is 450 g/mol. The van der Waals surface area contributed by atoms with Crippen molar-refractivity contribution < 1.29 is 4.74 Å². The monoisotopic (exact) mass is 449 g/mol. The molecular formula is C25H35N7O. The zero-order valence-corrected chi connectivity index (χ0v) is 19.5. The van der Waals surface area contributed by atoms with Crippen LogP contribution in [0.25, 0.3) is 11.2 Å². The number of fused-ring (bicyclic) bond motifs is 1. The van der Waals surface area contributed by atoms with Crippen LogP contribution in [0.15, 0.2) is 30.6 Å². The largest absolute Gasteiger partial charge is 0.497 e. The van der Waals surface area contributed by atoms with Crippen molar-refractivity contribution in [3.05, 3.63) is 36.2 Å². The molecule has 2 aromatic heterocycles. The van der Waals surface area contributed by atoms with Gasteiger partial charge in [-0.15, -0.1) is 0 Å². The molecule has 0 bridgehead atoms. The normalized spacial score (nSPS) is 21.4. The highest BCUT2D eigenvalue weighted by Gasteiger charge is 2.23. The van der Waals surface area contributed by atoms with Crippen LogP contribution in [-0.4, -0.2) is 45.3 Å². The number of rotatable bonds is 8. The van der Waals surface area contributed by atoms with Crippen LogP contribution < -0.4 is 21.1 Å². The molecule has 0 radical (unpaired) electrons. The summed E-state index contributed by atoms with van der Waals surface area (Å²) in [7, 11) is 1.69. The second kappa shape index (κ2) is 9.95. The number of benzene rings is 1. The first-order valence-corrected chi connectivity index (χ1v) is 12.3. The molecule has 2 aliphatic carbocycles. The Balaban J connectivity index is 1.36. The quantitative estimate of drug-likeness (QED) is 0.471. The van der Waals surface area contributed by atoms with Crippen molar-refractivity contribution in [1.29, 1.82) is 0 Å². The molecule has 176 valence electrons. The van der Waals surface area contributed by atoms with Gasteiger partial charge in [-0.25, -0.2) is 4.98 Å². The molecule has 2 aliphatic rings. The predicted molar refractivity (Wildman–Crippen MR) is 132 cm³/mol. The minimum absolute atomic E-state index is 0.324. The molecule has 8 nitrogen and oxygen atoms in total. The Kier molecular flexibility index (Phi) is 6.62. The maximum atomic E-state index is 6.10. The number of nitrogens with one attached hydrogen (secondary N) is 2. The Morgan fingerprint density at radius 3 is 2.52 bits per heavy atom. The summed E-state index contributed by atoms with van der Waals surface area (Å²) in [4.78, 5) is 14.5. The number of hydrogen-bond donors (Lipinski definition) is 3. The second-order valence-corrected chi connectivity index (χ2v) is 9.44. The lowest BCUT2D eigenvalue weighted by atomic mass is 9.92. The predicted octanol–water partition coefficient (Wildman–Crippen LogP) is 4.29. The number of aromatic nitrogens is 4. The van der Waals surface area contributed by atoms with Crippen molar-refractivity contribution in [2.24, 2.45) is 5.73 Å². The molecule has 1 aromatic carbocycles. The molecule has 3 aromatic rings. The standard InChI is InChI=1S/C25H35N7O/c1-33-21-12-6-17(7-13-21)14-15-27-23-22-24(32(16-28-22)20-4-2-3-5-20)31-25(30-23)29-19-10-8-18(26)9-11-19/h6-7,12-13,16,18-20H,2-5,8-11,14-15,26H2,1H3,(H2,27,29,30,31)/t18-,19-. The van der Waals surface area contributed by atoms with E-state index in [1.54, 1.807) is 7.11 Å². The maximum Gasteiger partial charge on any atom is 0.227 e. The van der Waals surface area contributed by atoms with Crippen LogP contribution in [-0.2, 0) is 6.42 Å². The summed E-state index contributed by atoms with van der Waals surface area (Å²) in [6.07, 6.45) is 12.0. The lowest BCUT2D eigenvalue weighted by Gasteiger charge is -2.27. The van der Waals surface area contributed by atoms with Gasteiger partial charge in [0.25, 0.3) is 0 Å². The lowest BCUT2D eigenvalue weighted by Crippen LogP contribution is -2.33. The summed E-state index contributed by atoms with van der Waals surface area (Å²) < 4.78 is 7.52. The summed E-state index contributed by atoms with van der Waals surface area (Å²) >= 11 is 0. The molecule has 0 spiro atoms. The van der Waals surface area contributed by atoms with Gasteiger partial charge < -0.3 is 25.7 Å². The van der Waals surface area contributed by atoms with Gasteiger partial charge in [0.15, 0.2) is 17.0 Å². The van der Waals surface area contributed by atoms with Gasteiger partial charge in [0, 0.05) is 24.7 Å². The third-order valence-corrected chi connectivity index (χ3v) is 7.11. The van der Waals surface area contributed by atoms with Crippen LogP contribution in [0, 0.1) is 0 Å². The van der Waals surface area contributed by atoms with Crippen LogP contribution in [0.5, 0.6) is 5.75 Å². The minimum Gasteiger partial charge on any atom is -0.497 e. The zero-order valence-electron chi connectivity index (χ0n) is 19.5. The molecule has 5 rings (SSSR count). The lowest BCUT2D eigenvalue weighted by molar-refractivity contribution is 0.410. The molecule has 0 atom stereocenters. The van der Waals surface area contributed by atoms with Gasteiger partial charge in [-0.2, -0.15) is 9.97 Å². The van der Waals surface area contributed by atoms with Crippen LogP contribution in [0.1, 0.15) is 63.0 Å². The first-order chi connectivity index (χ1) is 16.2. The van der Waals surface area contributed by atoms with Gasteiger partial charge in [-0.1, -0.05) is 25.0 Å². The molecule has 0 amide bonds. The summed E-state index contributed by atoms with van der Waals surface area (Å²) in [5, 5.41) is 7.12. The third kappa shape index (κ3) is 5.05. The number of nitrogens with zero attached hydrogens (tertiary/aromatic N) is 4. The fraction of sp³-hybridized carbons (Fsp3) is 0.560. The number of methoxy groups -OCH3 is 1. The van der Waals surface area contributed by atoms with Crippen LogP contribution in [0.2, 0.25) is 0 Å². The van der Waals surface area contributed by atoms with Gasteiger partial charge in [-0.05, 0) is 62.6 Å². The number of ether oxygens (including phenoxy) is 1. The van der Waals surface area contributed by atoms with E-state index in [0.29, 0.717) is 24.1 Å². The second-order valence-electron chi connectivity index (χ2n) is 9.44. The molecule has 4 N–H and O–H groups in total.